The Bertz CT molecular complexity index is 591. The van der Waals surface area contributed by atoms with Gasteiger partial charge in [-0.25, -0.2) is 4.98 Å². The van der Waals surface area contributed by atoms with E-state index in [4.69, 9.17) is 0 Å². The van der Waals surface area contributed by atoms with Crippen molar-refractivity contribution in [1.29, 1.82) is 0 Å². The number of rotatable bonds is 3. The summed E-state index contributed by atoms with van der Waals surface area (Å²) in [7, 11) is 0. The van der Waals surface area contributed by atoms with Crippen LogP contribution >= 0.6 is 0 Å². The largest absolute Gasteiger partial charge is 0.332 e. The lowest BCUT2D eigenvalue weighted by Crippen LogP contribution is -2.39. The van der Waals surface area contributed by atoms with Crippen molar-refractivity contribution in [3.05, 3.63) is 47.5 Å². The minimum atomic E-state index is 0.0409. The standard InChI is InChI=1S/C16H20N4O/c1-12-5-7-13(8-6-12)10-15(21)20-9-3-2-4-14(20)16-17-11-18-19-16/h5-8,11,14H,2-4,9-10H2,1H3,(H,17,18,19)/t14-/m0/s1. The first kappa shape index (κ1) is 13.8. The Hall–Kier alpha value is -2.17. The fourth-order valence-electron chi connectivity index (χ4n) is 2.87. The number of nitrogens with one attached hydrogen (secondary N) is 1. The number of H-pyrrole nitrogens is 1. The second-order valence-electron chi connectivity index (χ2n) is 5.63. The maximum Gasteiger partial charge on any atom is 0.227 e. The molecule has 0 saturated carbocycles. The molecule has 1 N–H and O–H groups in total. The second kappa shape index (κ2) is 6.08. The zero-order valence-electron chi connectivity index (χ0n) is 12.2. The van der Waals surface area contributed by atoms with Crippen LogP contribution in [0.1, 0.15) is 42.3 Å². The van der Waals surface area contributed by atoms with Gasteiger partial charge in [-0.1, -0.05) is 29.8 Å². The number of likely N-dealkylation sites (tertiary alicyclic amines) is 1. The maximum absolute atomic E-state index is 12.6. The summed E-state index contributed by atoms with van der Waals surface area (Å²) in [5, 5.41) is 6.82. The van der Waals surface area contributed by atoms with Crippen LogP contribution in [0.15, 0.2) is 30.6 Å². The molecule has 5 nitrogen and oxygen atoms in total. The van der Waals surface area contributed by atoms with E-state index in [0.29, 0.717) is 6.42 Å². The van der Waals surface area contributed by atoms with Crippen molar-refractivity contribution < 1.29 is 4.79 Å². The third-order valence-corrected chi connectivity index (χ3v) is 4.05. The van der Waals surface area contributed by atoms with Crippen molar-refractivity contribution in [1.82, 2.24) is 20.1 Å². The highest BCUT2D eigenvalue weighted by atomic mass is 16.2. The quantitative estimate of drug-likeness (QED) is 0.941. The van der Waals surface area contributed by atoms with E-state index in [1.54, 1.807) is 0 Å². The third kappa shape index (κ3) is 3.12. The summed E-state index contributed by atoms with van der Waals surface area (Å²) >= 11 is 0. The molecule has 1 saturated heterocycles. The molecule has 1 atom stereocenters. The number of piperidine rings is 1. The molecule has 5 heteroatoms. The predicted octanol–water partition coefficient (Wildman–Crippen LogP) is 2.41. The first-order chi connectivity index (χ1) is 10.2. The number of hydrogen-bond donors (Lipinski definition) is 1. The van der Waals surface area contributed by atoms with E-state index in [2.05, 4.69) is 22.1 Å². The lowest BCUT2D eigenvalue weighted by Gasteiger charge is -2.34. The number of carbonyl (C=O) groups is 1. The first-order valence-electron chi connectivity index (χ1n) is 7.44. The average Bonchev–Trinajstić information content (AvgIpc) is 3.04. The van der Waals surface area contributed by atoms with Gasteiger partial charge in [-0.3, -0.25) is 9.89 Å². The van der Waals surface area contributed by atoms with Crippen molar-refractivity contribution in [3.8, 4) is 0 Å². The smallest absolute Gasteiger partial charge is 0.227 e. The molecule has 2 aromatic rings. The highest BCUT2D eigenvalue weighted by Crippen LogP contribution is 2.29. The van der Waals surface area contributed by atoms with Gasteiger partial charge in [0.25, 0.3) is 0 Å². The Morgan fingerprint density at radius 1 is 1.33 bits per heavy atom. The molecular weight excluding hydrogens is 264 g/mol. The minimum Gasteiger partial charge on any atom is -0.332 e. The van der Waals surface area contributed by atoms with Gasteiger partial charge in [-0.2, -0.15) is 5.10 Å². The molecule has 0 unspecified atom stereocenters. The van der Waals surface area contributed by atoms with Gasteiger partial charge in [-0.05, 0) is 31.7 Å². The van der Waals surface area contributed by atoms with Crippen LogP contribution in [0.3, 0.4) is 0 Å². The summed E-state index contributed by atoms with van der Waals surface area (Å²) in [6, 6.07) is 8.19. The Morgan fingerprint density at radius 3 is 2.86 bits per heavy atom. The van der Waals surface area contributed by atoms with E-state index in [1.807, 2.05) is 29.2 Å². The van der Waals surface area contributed by atoms with E-state index in [1.165, 1.54) is 11.9 Å². The van der Waals surface area contributed by atoms with Crippen LogP contribution in [0, 0.1) is 6.92 Å². The molecule has 21 heavy (non-hydrogen) atoms. The molecule has 1 aliphatic heterocycles. The third-order valence-electron chi connectivity index (χ3n) is 4.05. The van der Waals surface area contributed by atoms with Gasteiger partial charge in [0.2, 0.25) is 5.91 Å². The molecule has 0 radical (unpaired) electrons. The van der Waals surface area contributed by atoms with Crippen LogP contribution in [-0.4, -0.2) is 32.5 Å². The number of hydrogen-bond acceptors (Lipinski definition) is 3. The van der Waals surface area contributed by atoms with E-state index < -0.39 is 0 Å². The molecule has 3 rings (SSSR count). The molecule has 110 valence electrons. The fraction of sp³-hybridized carbons (Fsp3) is 0.438. The van der Waals surface area contributed by atoms with Crippen molar-refractivity contribution in [2.24, 2.45) is 0 Å². The molecule has 1 amide bonds. The van der Waals surface area contributed by atoms with Gasteiger partial charge in [0.15, 0.2) is 0 Å². The maximum atomic E-state index is 12.6. The van der Waals surface area contributed by atoms with Gasteiger partial charge in [0, 0.05) is 6.54 Å². The predicted molar refractivity (Wildman–Crippen MR) is 79.6 cm³/mol. The monoisotopic (exact) mass is 284 g/mol. The minimum absolute atomic E-state index is 0.0409. The zero-order chi connectivity index (χ0) is 14.7. The Kier molecular flexibility index (Phi) is 3.99. The van der Waals surface area contributed by atoms with Crippen LogP contribution in [0.4, 0.5) is 0 Å². The fourth-order valence-corrected chi connectivity index (χ4v) is 2.87. The summed E-state index contributed by atoms with van der Waals surface area (Å²) in [5.74, 6) is 0.965. The highest BCUT2D eigenvalue weighted by molar-refractivity contribution is 5.79. The lowest BCUT2D eigenvalue weighted by molar-refractivity contribution is -0.134. The number of aryl methyl sites for hydroxylation is 1. The number of nitrogens with zero attached hydrogens (tertiary/aromatic N) is 3. The van der Waals surface area contributed by atoms with E-state index in [0.717, 1.165) is 37.2 Å². The topological polar surface area (TPSA) is 61.9 Å². The molecule has 1 aliphatic rings. The molecule has 1 aromatic heterocycles. The molecule has 2 heterocycles. The van der Waals surface area contributed by atoms with Gasteiger partial charge in [0.05, 0.1) is 12.5 Å². The summed E-state index contributed by atoms with van der Waals surface area (Å²) in [5.41, 5.74) is 2.27. The van der Waals surface area contributed by atoms with Crippen LogP contribution in [-0.2, 0) is 11.2 Å². The molecule has 1 aromatic carbocycles. The van der Waals surface area contributed by atoms with Crippen LogP contribution < -0.4 is 0 Å². The van der Waals surface area contributed by atoms with Crippen LogP contribution in [0.25, 0.3) is 0 Å². The van der Waals surface area contributed by atoms with Gasteiger partial charge in [-0.15, -0.1) is 0 Å². The van der Waals surface area contributed by atoms with Crippen molar-refractivity contribution in [3.63, 3.8) is 0 Å². The van der Waals surface area contributed by atoms with Gasteiger partial charge in [0.1, 0.15) is 12.2 Å². The van der Waals surface area contributed by atoms with Crippen LogP contribution in [0.2, 0.25) is 0 Å². The van der Waals surface area contributed by atoms with Crippen LogP contribution in [0.5, 0.6) is 0 Å². The molecular formula is C16H20N4O. The summed E-state index contributed by atoms with van der Waals surface area (Å²) in [4.78, 5) is 18.8. The van der Waals surface area contributed by atoms with E-state index in [9.17, 15) is 4.79 Å². The zero-order valence-corrected chi connectivity index (χ0v) is 12.2. The number of carbonyl (C=O) groups excluding carboxylic acids is 1. The average molecular weight is 284 g/mol. The first-order valence-corrected chi connectivity index (χ1v) is 7.44. The molecule has 0 bridgehead atoms. The normalized spacial score (nSPS) is 18.7. The van der Waals surface area contributed by atoms with Crippen molar-refractivity contribution in [2.75, 3.05) is 6.54 Å². The Labute approximate surface area is 124 Å². The van der Waals surface area contributed by atoms with Gasteiger partial charge < -0.3 is 4.90 Å². The van der Waals surface area contributed by atoms with Gasteiger partial charge >= 0.3 is 0 Å². The lowest BCUT2D eigenvalue weighted by atomic mass is 10.00. The van der Waals surface area contributed by atoms with E-state index in [-0.39, 0.29) is 11.9 Å². The SMILES string of the molecule is Cc1ccc(CC(=O)N2CCCC[C@H]2c2ncn[nH]2)cc1. The molecule has 1 fully saturated rings. The van der Waals surface area contributed by atoms with E-state index >= 15 is 0 Å². The number of aromatic amines is 1. The molecule has 0 spiro atoms. The summed E-state index contributed by atoms with van der Waals surface area (Å²) in [6.45, 7) is 2.85. The number of amides is 1. The highest BCUT2D eigenvalue weighted by Gasteiger charge is 2.29. The Balaban J connectivity index is 1.73. The molecule has 0 aliphatic carbocycles. The summed E-state index contributed by atoms with van der Waals surface area (Å²) in [6.07, 6.45) is 5.09. The summed E-state index contributed by atoms with van der Waals surface area (Å²) < 4.78 is 0. The second-order valence-corrected chi connectivity index (χ2v) is 5.63. The van der Waals surface area contributed by atoms with Crippen molar-refractivity contribution in [2.45, 2.75) is 38.6 Å². The Morgan fingerprint density at radius 2 is 2.14 bits per heavy atom. The number of aromatic nitrogens is 3. The van der Waals surface area contributed by atoms with Crippen molar-refractivity contribution >= 4 is 5.91 Å². The number of benzene rings is 1.